The van der Waals surface area contributed by atoms with Crippen LogP contribution in [0.2, 0.25) is 0 Å². The van der Waals surface area contributed by atoms with Gasteiger partial charge in [-0.1, -0.05) is 18.2 Å². The molecule has 0 atom stereocenters. The third-order valence-electron chi connectivity index (χ3n) is 5.59. The maximum absolute atomic E-state index is 10.9. The number of rotatable bonds is 6. The zero-order chi connectivity index (χ0) is 24.2. The number of hydrogen-bond acceptors (Lipinski definition) is 8. The molecule has 10 nitrogen and oxygen atoms in total. The standard InChI is InChI=1S/C25H20N6O4/c26-17-19(16-22-10-11-23(35-22)18-6-8-21(9-7-18)31(32)33)24-27-28-25(29-12-14-34-15-13-29)30(24)20-4-2-1-3-5-20/h1-11,16H,12-15H2/b19-16-. The number of nitriles is 1. The van der Waals surface area contributed by atoms with Crippen molar-refractivity contribution in [3.05, 3.63) is 88.4 Å². The number of anilines is 1. The Balaban J connectivity index is 1.52. The van der Waals surface area contributed by atoms with Crippen molar-refractivity contribution in [2.24, 2.45) is 0 Å². The lowest BCUT2D eigenvalue weighted by Crippen LogP contribution is -2.38. The molecule has 5 rings (SSSR count). The molecule has 4 aromatic rings. The summed E-state index contributed by atoms with van der Waals surface area (Å²) in [5.74, 6) is 2.02. The van der Waals surface area contributed by atoms with E-state index in [1.807, 2.05) is 34.9 Å². The maximum Gasteiger partial charge on any atom is 0.269 e. The van der Waals surface area contributed by atoms with Crippen LogP contribution in [0, 0.1) is 21.4 Å². The molecule has 0 N–H and O–H groups in total. The van der Waals surface area contributed by atoms with Gasteiger partial charge in [0, 0.05) is 36.9 Å². The fourth-order valence-electron chi connectivity index (χ4n) is 3.86. The average Bonchev–Trinajstić information content (AvgIpc) is 3.56. The van der Waals surface area contributed by atoms with Crippen molar-refractivity contribution < 1.29 is 14.1 Å². The molecule has 0 radical (unpaired) electrons. The van der Waals surface area contributed by atoms with E-state index in [0.717, 1.165) is 5.69 Å². The van der Waals surface area contributed by atoms with E-state index in [1.165, 1.54) is 12.1 Å². The van der Waals surface area contributed by atoms with Crippen LogP contribution in [0.1, 0.15) is 11.6 Å². The molecule has 10 heteroatoms. The second-order valence-electron chi connectivity index (χ2n) is 7.77. The predicted octanol–water partition coefficient (Wildman–Crippen LogP) is 4.34. The molecule has 0 unspecified atom stereocenters. The van der Waals surface area contributed by atoms with Gasteiger partial charge in [-0.25, -0.2) is 0 Å². The number of ether oxygens (including phenoxy) is 1. The minimum Gasteiger partial charge on any atom is -0.457 e. The molecule has 1 fully saturated rings. The third-order valence-corrected chi connectivity index (χ3v) is 5.59. The highest BCUT2D eigenvalue weighted by molar-refractivity contribution is 5.87. The van der Waals surface area contributed by atoms with Crippen LogP contribution >= 0.6 is 0 Å². The van der Waals surface area contributed by atoms with E-state index in [0.29, 0.717) is 55.2 Å². The minimum atomic E-state index is -0.451. The highest BCUT2D eigenvalue weighted by Gasteiger charge is 2.23. The lowest BCUT2D eigenvalue weighted by atomic mass is 10.1. The summed E-state index contributed by atoms with van der Waals surface area (Å²) in [6.45, 7) is 2.53. The Morgan fingerprint density at radius 3 is 2.46 bits per heavy atom. The van der Waals surface area contributed by atoms with Gasteiger partial charge in [-0.05, 0) is 36.4 Å². The first-order valence-electron chi connectivity index (χ1n) is 10.9. The highest BCUT2D eigenvalue weighted by Crippen LogP contribution is 2.29. The minimum absolute atomic E-state index is 0.00325. The lowest BCUT2D eigenvalue weighted by Gasteiger charge is -2.28. The van der Waals surface area contributed by atoms with E-state index < -0.39 is 4.92 Å². The topological polar surface area (TPSA) is 123 Å². The summed E-state index contributed by atoms with van der Waals surface area (Å²) < 4.78 is 13.2. The Labute approximate surface area is 200 Å². The van der Waals surface area contributed by atoms with Crippen LogP contribution in [0.25, 0.3) is 28.7 Å². The van der Waals surface area contributed by atoms with E-state index in [1.54, 1.807) is 30.3 Å². The number of furan rings is 1. The van der Waals surface area contributed by atoms with Crippen molar-refractivity contribution in [2.45, 2.75) is 0 Å². The average molecular weight is 468 g/mol. The third kappa shape index (κ3) is 4.53. The number of para-hydroxylation sites is 1. The fraction of sp³-hybridized carbons (Fsp3) is 0.160. The number of nitro groups is 1. The second kappa shape index (κ2) is 9.62. The lowest BCUT2D eigenvalue weighted by molar-refractivity contribution is -0.384. The highest BCUT2D eigenvalue weighted by atomic mass is 16.6. The molecule has 3 heterocycles. The first-order valence-corrected chi connectivity index (χ1v) is 10.9. The van der Waals surface area contributed by atoms with Crippen LogP contribution in [0.15, 0.2) is 71.1 Å². The quantitative estimate of drug-likeness (QED) is 0.233. The number of benzene rings is 2. The molecular weight excluding hydrogens is 448 g/mol. The Morgan fingerprint density at radius 1 is 1.03 bits per heavy atom. The number of allylic oxidation sites excluding steroid dienone is 1. The summed E-state index contributed by atoms with van der Waals surface area (Å²) in [6, 6.07) is 21.4. The van der Waals surface area contributed by atoms with Crippen LogP contribution in [0.4, 0.5) is 11.6 Å². The molecule has 1 aliphatic rings. The molecule has 1 saturated heterocycles. The predicted molar refractivity (Wildman–Crippen MR) is 129 cm³/mol. The van der Waals surface area contributed by atoms with Gasteiger partial charge in [0.25, 0.3) is 5.69 Å². The molecule has 2 aromatic carbocycles. The number of aromatic nitrogens is 3. The Kier molecular flexibility index (Phi) is 6.07. The summed E-state index contributed by atoms with van der Waals surface area (Å²) in [6.07, 6.45) is 1.61. The molecule has 2 aromatic heterocycles. The van der Waals surface area contributed by atoms with Gasteiger partial charge in [0.1, 0.15) is 23.2 Å². The SMILES string of the molecule is N#C/C(=C/c1ccc(-c2ccc([N+](=O)[O-])cc2)o1)c1nnc(N2CCOCC2)n1-c1ccccc1. The Hall–Kier alpha value is -4.75. The van der Waals surface area contributed by atoms with Crippen molar-refractivity contribution in [3.8, 4) is 23.1 Å². The Bertz CT molecular complexity index is 1410. The monoisotopic (exact) mass is 468 g/mol. The van der Waals surface area contributed by atoms with Gasteiger partial charge in [-0.2, -0.15) is 5.26 Å². The smallest absolute Gasteiger partial charge is 0.269 e. The van der Waals surface area contributed by atoms with E-state index in [2.05, 4.69) is 21.2 Å². The van der Waals surface area contributed by atoms with Crippen LogP contribution < -0.4 is 4.90 Å². The summed E-state index contributed by atoms with van der Waals surface area (Å²) in [5, 5.41) is 29.7. The number of morpholine rings is 1. The molecule has 174 valence electrons. The van der Waals surface area contributed by atoms with Crippen molar-refractivity contribution in [2.75, 3.05) is 31.2 Å². The molecule has 0 spiro atoms. The zero-order valence-corrected chi connectivity index (χ0v) is 18.6. The summed E-state index contributed by atoms with van der Waals surface area (Å²) in [4.78, 5) is 12.5. The van der Waals surface area contributed by atoms with Gasteiger partial charge in [0.2, 0.25) is 5.95 Å². The molecule has 0 amide bonds. The zero-order valence-electron chi connectivity index (χ0n) is 18.6. The van der Waals surface area contributed by atoms with Gasteiger partial charge < -0.3 is 14.1 Å². The largest absolute Gasteiger partial charge is 0.457 e. The number of non-ortho nitro benzene ring substituents is 1. The normalized spacial score (nSPS) is 14.0. The summed E-state index contributed by atoms with van der Waals surface area (Å²) in [5.41, 5.74) is 1.81. The van der Waals surface area contributed by atoms with Crippen LogP contribution in [0.5, 0.6) is 0 Å². The number of nitro benzene ring substituents is 1. The summed E-state index contributed by atoms with van der Waals surface area (Å²) in [7, 11) is 0. The first-order chi connectivity index (χ1) is 17.1. The molecule has 0 saturated carbocycles. The molecule has 0 bridgehead atoms. The first kappa shape index (κ1) is 22.1. The fourth-order valence-corrected chi connectivity index (χ4v) is 3.86. The van der Waals surface area contributed by atoms with Crippen molar-refractivity contribution in [1.29, 1.82) is 5.26 Å². The Morgan fingerprint density at radius 2 is 1.77 bits per heavy atom. The van der Waals surface area contributed by atoms with Gasteiger partial charge in [0.05, 0.1) is 23.8 Å². The van der Waals surface area contributed by atoms with Crippen LogP contribution in [-0.4, -0.2) is 46.0 Å². The summed E-state index contributed by atoms with van der Waals surface area (Å²) >= 11 is 0. The number of hydrogen-bond donors (Lipinski definition) is 0. The van der Waals surface area contributed by atoms with E-state index in [-0.39, 0.29) is 11.3 Å². The van der Waals surface area contributed by atoms with E-state index in [9.17, 15) is 15.4 Å². The van der Waals surface area contributed by atoms with Crippen LogP contribution in [-0.2, 0) is 4.74 Å². The van der Waals surface area contributed by atoms with Crippen molar-refractivity contribution in [1.82, 2.24) is 14.8 Å². The van der Waals surface area contributed by atoms with Gasteiger partial charge in [-0.3, -0.25) is 14.7 Å². The van der Waals surface area contributed by atoms with E-state index >= 15 is 0 Å². The van der Waals surface area contributed by atoms with Gasteiger partial charge in [0.15, 0.2) is 5.82 Å². The van der Waals surface area contributed by atoms with Gasteiger partial charge >= 0.3 is 0 Å². The molecule has 1 aliphatic heterocycles. The van der Waals surface area contributed by atoms with E-state index in [4.69, 9.17) is 9.15 Å². The van der Waals surface area contributed by atoms with Gasteiger partial charge in [-0.15, -0.1) is 10.2 Å². The molecular formula is C25H20N6O4. The molecule has 0 aliphatic carbocycles. The second-order valence-corrected chi connectivity index (χ2v) is 7.77. The maximum atomic E-state index is 10.9. The molecule has 35 heavy (non-hydrogen) atoms. The van der Waals surface area contributed by atoms with Crippen molar-refractivity contribution >= 4 is 23.3 Å². The number of nitrogens with zero attached hydrogens (tertiary/aromatic N) is 6. The van der Waals surface area contributed by atoms with Crippen LogP contribution in [0.3, 0.4) is 0 Å². The van der Waals surface area contributed by atoms with Crippen molar-refractivity contribution in [3.63, 3.8) is 0 Å².